The molecule has 2 heterocycles. The molecule has 3 fully saturated rings. The number of fused-ring (bicyclic) bond motifs is 4. The molecule has 0 aromatic carbocycles. The molecule has 5 rings (SSSR count). The number of nitrogens with zero attached hydrogens (tertiary/aromatic N) is 3. The minimum Gasteiger partial charge on any atom is -0.444 e. The van der Waals surface area contributed by atoms with Crippen molar-refractivity contribution >= 4 is 17.0 Å². The van der Waals surface area contributed by atoms with Gasteiger partial charge in [0.25, 0.3) is 0 Å². The van der Waals surface area contributed by atoms with Gasteiger partial charge in [-0.2, -0.15) is 5.10 Å². The normalized spacial score (nSPS) is 27.7. The number of amides is 1. The van der Waals surface area contributed by atoms with Gasteiger partial charge in [-0.05, 0) is 77.7 Å². The highest BCUT2D eigenvalue weighted by atomic mass is 16.6. The number of pyridine rings is 1. The first-order chi connectivity index (χ1) is 12.7. The summed E-state index contributed by atoms with van der Waals surface area (Å²) in [7, 11) is 0. The Kier molecular flexibility index (Phi) is 4.20. The van der Waals surface area contributed by atoms with E-state index in [1.165, 1.54) is 5.69 Å². The molecule has 0 spiro atoms. The van der Waals surface area contributed by atoms with Crippen molar-refractivity contribution in [3.8, 4) is 0 Å². The number of ether oxygens (including phenoxy) is 1. The first-order valence-corrected chi connectivity index (χ1v) is 9.98. The van der Waals surface area contributed by atoms with Crippen LogP contribution in [0, 0.1) is 12.3 Å². The van der Waals surface area contributed by atoms with Gasteiger partial charge in [-0.15, -0.1) is 0 Å². The Morgan fingerprint density at radius 2 is 1.89 bits per heavy atom. The molecule has 1 amide bonds. The molecule has 0 aliphatic heterocycles. The molecule has 0 radical (unpaired) electrons. The van der Waals surface area contributed by atoms with Gasteiger partial charge in [0, 0.05) is 35.6 Å². The first kappa shape index (κ1) is 18.3. The Bertz CT molecular complexity index is 840. The summed E-state index contributed by atoms with van der Waals surface area (Å²) in [4.78, 5) is 16.5. The molecule has 6 heteroatoms. The van der Waals surface area contributed by atoms with Crippen molar-refractivity contribution < 1.29 is 9.53 Å². The summed E-state index contributed by atoms with van der Waals surface area (Å²) in [6.07, 6.45) is 9.86. The fourth-order valence-corrected chi connectivity index (χ4v) is 4.78. The summed E-state index contributed by atoms with van der Waals surface area (Å²) in [5.41, 5.74) is 1.96. The monoisotopic (exact) mass is 370 g/mol. The average molecular weight is 370 g/mol. The van der Waals surface area contributed by atoms with E-state index in [1.54, 1.807) is 6.20 Å². The van der Waals surface area contributed by atoms with Crippen molar-refractivity contribution in [2.24, 2.45) is 5.41 Å². The lowest BCUT2D eigenvalue weighted by Gasteiger charge is -2.53. The third-order valence-electron chi connectivity index (χ3n) is 6.46. The molecule has 3 saturated carbocycles. The standard InChI is InChI=1S/C21H30N4O2/c1-15-16-13-22-12-5-17(16)24-25(15)14-20-6-9-21(10-7-20,11-8-20)23-18(26)27-19(2,3)4/h5,12-13H,6-11,14H2,1-4H3,(H,23,26). The summed E-state index contributed by atoms with van der Waals surface area (Å²) in [5.74, 6) is 0. The zero-order chi connectivity index (χ0) is 19.3. The van der Waals surface area contributed by atoms with Gasteiger partial charge in [-0.25, -0.2) is 4.79 Å². The molecule has 2 bridgehead atoms. The zero-order valence-corrected chi connectivity index (χ0v) is 16.8. The number of alkyl carbamates (subject to hydrolysis) is 1. The molecule has 3 aliphatic rings. The topological polar surface area (TPSA) is 69.0 Å². The van der Waals surface area contributed by atoms with E-state index in [-0.39, 0.29) is 17.0 Å². The number of carbonyl (C=O) groups is 1. The molecule has 2 aromatic heterocycles. The van der Waals surface area contributed by atoms with E-state index < -0.39 is 5.60 Å². The number of rotatable bonds is 3. The third kappa shape index (κ3) is 3.54. The molecule has 2 aromatic rings. The third-order valence-corrected chi connectivity index (χ3v) is 6.46. The van der Waals surface area contributed by atoms with Crippen LogP contribution in [0.5, 0.6) is 0 Å². The average Bonchev–Trinajstić information content (AvgIpc) is 2.91. The number of carbonyl (C=O) groups excluding carboxylic acids is 1. The van der Waals surface area contributed by atoms with Crippen LogP contribution in [-0.2, 0) is 11.3 Å². The summed E-state index contributed by atoms with van der Waals surface area (Å²) in [5, 5.41) is 9.15. The lowest BCUT2D eigenvalue weighted by molar-refractivity contribution is -0.00493. The van der Waals surface area contributed by atoms with E-state index in [2.05, 4.69) is 21.9 Å². The van der Waals surface area contributed by atoms with Crippen molar-refractivity contribution in [1.82, 2.24) is 20.1 Å². The van der Waals surface area contributed by atoms with E-state index in [1.807, 2.05) is 33.0 Å². The smallest absolute Gasteiger partial charge is 0.408 e. The van der Waals surface area contributed by atoms with Crippen LogP contribution in [-0.4, -0.2) is 32.0 Å². The molecule has 0 saturated heterocycles. The van der Waals surface area contributed by atoms with Crippen LogP contribution in [0.25, 0.3) is 10.9 Å². The van der Waals surface area contributed by atoms with E-state index in [9.17, 15) is 4.79 Å². The van der Waals surface area contributed by atoms with Crippen LogP contribution >= 0.6 is 0 Å². The van der Waals surface area contributed by atoms with Crippen molar-refractivity contribution in [2.45, 2.75) is 83.9 Å². The summed E-state index contributed by atoms with van der Waals surface area (Å²) < 4.78 is 7.66. The molecule has 0 unspecified atom stereocenters. The van der Waals surface area contributed by atoms with Gasteiger partial charge in [0.15, 0.2) is 0 Å². The molecule has 27 heavy (non-hydrogen) atoms. The predicted molar refractivity (Wildman–Crippen MR) is 105 cm³/mol. The highest BCUT2D eigenvalue weighted by Crippen LogP contribution is 2.53. The SMILES string of the molecule is Cc1c2cnccc2nn1CC12CCC(NC(=O)OC(C)(C)C)(CC1)CC2. The molecular weight excluding hydrogens is 340 g/mol. The van der Waals surface area contributed by atoms with Gasteiger partial charge in [0.1, 0.15) is 5.60 Å². The van der Waals surface area contributed by atoms with Gasteiger partial charge in [-0.3, -0.25) is 9.67 Å². The van der Waals surface area contributed by atoms with Gasteiger partial charge in [0.05, 0.1) is 5.52 Å². The summed E-state index contributed by atoms with van der Waals surface area (Å²) in [6, 6.07) is 1.98. The maximum Gasteiger partial charge on any atom is 0.408 e. The second kappa shape index (κ2) is 6.21. The van der Waals surface area contributed by atoms with Crippen molar-refractivity contribution in [2.75, 3.05) is 0 Å². The van der Waals surface area contributed by atoms with Crippen molar-refractivity contribution in [3.63, 3.8) is 0 Å². The number of aryl methyl sites for hydroxylation is 1. The second-order valence-corrected chi connectivity index (χ2v) is 9.54. The largest absolute Gasteiger partial charge is 0.444 e. The van der Waals surface area contributed by atoms with Crippen LogP contribution in [0.4, 0.5) is 4.79 Å². The minimum absolute atomic E-state index is 0.0854. The quantitative estimate of drug-likeness (QED) is 0.872. The number of aromatic nitrogens is 3. The molecule has 3 aliphatic carbocycles. The number of hydrogen-bond donors (Lipinski definition) is 1. The van der Waals surface area contributed by atoms with Crippen LogP contribution in [0.15, 0.2) is 18.5 Å². The van der Waals surface area contributed by atoms with Crippen molar-refractivity contribution in [1.29, 1.82) is 0 Å². The zero-order valence-electron chi connectivity index (χ0n) is 16.8. The van der Waals surface area contributed by atoms with Crippen LogP contribution in [0.2, 0.25) is 0 Å². The predicted octanol–water partition coefficient (Wildman–Crippen LogP) is 4.36. The minimum atomic E-state index is -0.456. The summed E-state index contributed by atoms with van der Waals surface area (Å²) >= 11 is 0. The number of hydrogen-bond acceptors (Lipinski definition) is 4. The van der Waals surface area contributed by atoms with Crippen LogP contribution in [0.1, 0.15) is 65.0 Å². The van der Waals surface area contributed by atoms with Gasteiger partial charge < -0.3 is 10.1 Å². The fraction of sp³-hybridized carbons (Fsp3) is 0.667. The lowest BCUT2D eigenvalue weighted by atomic mass is 9.57. The molecular formula is C21H30N4O2. The maximum atomic E-state index is 12.3. The lowest BCUT2D eigenvalue weighted by Crippen LogP contribution is -2.58. The Labute approximate surface area is 160 Å². The highest BCUT2D eigenvalue weighted by molar-refractivity contribution is 5.80. The van der Waals surface area contributed by atoms with Crippen LogP contribution < -0.4 is 5.32 Å². The fourth-order valence-electron chi connectivity index (χ4n) is 4.78. The molecule has 6 nitrogen and oxygen atoms in total. The highest BCUT2D eigenvalue weighted by Gasteiger charge is 2.50. The Morgan fingerprint density at radius 1 is 1.22 bits per heavy atom. The van der Waals surface area contributed by atoms with E-state index in [4.69, 9.17) is 9.84 Å². The molecule has 0 atom stereocenters. The van der Waals surface area contributed by atoms with Crippen molar-refractivity contribution in [3.05, 3.63) is 24.2 Å². The molecule has 146 valence electrons. The second-order valence-electron chi connectivity index (χ2n) is 9.54. The summed E-state index contributed by atoms with van der Waals surface area (Å²) in [6.45, 7) is 8.80. The number of nitrogens with one attached hydrogen (secondary N) is 1. The van der Waals surface area contributed by atoms with Gasteiger partial charge in [-0.1, -0.05) is 0 Å². The van der Waals surface area contributed by atoms with Gasteiger partial charge >= 0.3 is 6.09 Å². The first-order valence-electron chi connectivity index (χ1n) is 9.98. The van der Waals surface area contributed by atoms with E-state index in [0.717, 1.165) is 56.0 Å². The van der Waals surface area contributed by atoms with E-state index in [0.29, 0.717) is 0 Å². The Hall–Kier alpha value is -2.11. The van der Waals surface area contributed by atoms with Crippen LogP contribution in [0.3, 0.4) is 0 Å². The Morgan fingerprint density at radius 3 is 2.48 bits per heavy atom. The maximum absolute atomic E-state index is 12.3. The Balaban J connectivity index is 1.45. The van der Waals surface area contributed by atoms with Gasteiger partial charge in [0.2, 0.25) is 0 Å². The molecule has 1 N–H and O–H groups in total. The van der Waals surface area contributed by atoms with E-state index >= 15 is 0 Å².